The van der Waals surface area contributed by atoms with E-state index in [9.17, 15) is 0 Å². The summed E-state index contributed by atoms with van der Waals surface area (Å²) in [5.74, 6) is 6.30. The van der Waals surface area contributed by atoms with Gasteiger partial charge >= 0.3 is 0 Å². The molecule has 0 aromatic rings. The molecule has 108 valence electrons. The van der Waals surface area contributed by atoms with E-state index < -0.39 is 0 Å². The molecule has 0 spiro atoms. The molecule has 0 N–H and O–H groups in total. The average Bonchev–Trinajstić information content (AvgIpc) is 3.07. The van der Waals surface area contributed by atoms with Crippen LogP contribution in [0.15, 0.2) is 0 Å². The molecular weight excluding hydrogens is 227 g/mol. The number of rotatable bonds is 3. The van der Waals surface area contributed by atoms with Crippen LogP contribution in [0.3, 0.4) is 0 Å². The van der Waals surface area contributed by atoms with Gasteiger partial charge in [-0.25, -0.2) is 0 Å². The lowest BCUT2D eigenvalue weighted by atomic mass is 9.24. The van der Waals surface area contributed by atoms with E-state index in [-0.39, 0.29) is 0 Å². The van der Waals surface area contributed by atoms with Crippen molar-refractivity contribution < 1.29 is 0 Å². The van der Waals surface area contributed by atoms with E-state index >= 15 is 0 Å². The van der Waals surface area contributed by atoms with Gasteiger partial charge in [0.05, 0.1) is 0 Å². The van der Waals surface area contributed by atoms with Crippen molar-refractivity contribution in [2.45, 2.75) is 96.0 Å². The van der Waals surface area contributed by atoms with Crippen LogP contribution < -0.4 is 0 Å². The van der Waals surface area contributed by atoms with Gasteiger partial charge in [0, 0.05) is 0 Å². The van der Waals surface area contributed by atoms with Crippen molar-refractivity contribution in [2.24, 2.45) is 17.8 Å². The SMILES string of the molecule is CC1CCCC1B(C1CCCC1C)C1CCCC1C. The summed E-state index contributed by atoms with van der Waals surface area (Å²) in [6.07, 6.45) is 13.8. The highest BCUT2D eigenvalue weighted by Crippen LogP contribution is 2.56. The monoisotopic (exact) mass is 260 g/mol. The van der Waals surface area contributed by atoms with Gasteiger partial charge in [-0.05, 0) is 17.8 Å². The van der Waals surface area contributed by atoms with E-state index in [0.717, 1.165) is 41.9 Å². The van der Waals surface area contributed by atoms with Gasteiger partial charge in [-0.3, -0.25) is 0 Å². The molecule has 0 aromatic carbocycles. The highest BCUT2D eigenvalue weighted by molar-refractivity contribution is 6.64. The van der Waals surface area contributed by atoms with E-state index in [1.807, 2.05) is 0 Å². The van der Waals surface area contributed by atoms with Crippen molar-refractivity contribution in [1.29, 1.82) is 0 Å². The Morgan fingerprint density at radius 1 is 0.526 bits per heavy atom. The Morgan fingerprint density at radius 3 is 1.05 bits per heavy atom. The Balaban J connectivity index is 1.82. The Kier molecular flexibility index (Phi) is 4.29. The second kappa shape index (κ2) is 5.82. The molecule has 3 saturated carbocycles. The van der Waals surface area contributed by atoms with Crippen LogP contribution in [0, 0.1) is 17.8 Å². The molecule has 0 heterocycles. The quantitative estimate of drug-likeness (QED) is 0.542. The molecule has 3 rings (SSSR count). The van der Waals surface area contributed by atoms with Crippen LogP contribution in [0.2, 0.25) is 17.5 Å². The third kappa shape index (κ3) is 2.63. The summed E-state index contributed by atoms with van der Waals surface area (Å²) in [7, 11) is 0. The van der Waals surface area contributed by atoms with Crippen LogP contribution in [-0.4, -0.2) is 6.71 Å². The van der Waals surface area contributed by atoms with Crippen LogP contribution >= 0.6 is 0 Å². The Labute approximate surface area is 121 Å². The second-order valence-corrected chi connectivity index (χ2v) is 8.29. The molecule has 3 aliphatic carbocycles. The molecule has 0 aromatic heterocycles. The molecule has 3 aliphatic rings. The molecule has 0 aliphatic heterocycles. The summed E-state index contributed by atoms with van der Waals surface area (Å²) in [6.45, 7) is 8.77. The minimum Gasteiger partial charge on any atom is -0.0629 e. The van der Waals surface area contributed by atoms with Gasteiger partial charge in [0.2, 0.25) is 0 Å². The lowest BCUT2D eigenvalue weighted by Gasteiger charge is -2.37. The van der Waals surface area contributed by atoms with Crippen molar-refractivity contribution in [3.63, 3.8) is 0 Å². The Morgan fingerprint density at radius 2 is 0.842 bits per heavy atom. The van der Waals surface area contributed by atoms with Gasteiger partial charge < -0.3 is 0 Å². The van der Waals surface area contributed by atoms with E-state index in [1.165, 1.54) is 38.5 Å². The zero-order chi connectivity index (χ0) is 13.4. The summed E-state index contributed by atoms with van der Waals surface area (Å²) in [6, 6.07) is 0. The summed E-state index contributed by atoms with van der Waals surface area (Å²) in [5.41, 5.74) is 0. The lowest BCUT2D eigenvalue weighted by molar-refractivity contribution is 0.517. The van der Waals surface area contributed by atoms with Gasteiger partial charge in [0.1, 0.15) is 6.71 Å². The predicted molar refractivity (Wildman–Crippen MR) is 86.0 cm³/mol. The van der Waals surface area contributed by atoms with Crippen molar-refractivity contribution >= 4 is 6.71 Å². The van der Waals surface area contributed by atoms with E-state index in [0.29, 0.717) is 0 Å². The summed E-state index contributed by atoms with van der Waals surface area (Å²) < 4.78 is 0. The first-order valence-corrected chi connectivity index (χ1v) is 9.18. The van der Waals surface area contributed by atoms with E-state index in [2.05, 4.69) is 20.8 Å². The highest BCUT2D eigenvalue weighted by atomic mass is 14.4. The van der Waals surface area contributed by atoms with E-state index in [4.69, 9.17) is 0 Å². The van der Waals surface area contributed by atoms with Crippen molar-refractivity contribution in [3.8, 4) is 0 Å². The highest BCUT2D eigenvalue weighted by Gasteiger charge is 2.47. The van der Waals surface area contributed by atoms with Crippen LogP contribution in [-0.2, 0) is 0 Å². The predicted octanol–water partition coefficient (Wildman–Crippen LogP) is 6.05. The maximum Gasteiger partial charge on any atom is 0.150 e. The first-order chi connectivity index (χ1) is 9.18. The summed E-state index contributed by atoms with van der Waals surface area (Å²) in [4.78, 5) is 0. The third-order valence-electron chi connectivity index (χ3n) is 7.27. The third-order valence-corrected chi connectivity index (χ3v) is 7.27. The standard InChI is InChI=1S/C18H33B/c1-13-7-4-10-16(13)19(17-11-5-8-14(17)2)18-12-6-9-15(18)3/h13-18H,4-12H2,1-3H3. The Hall–Kier alpha value is 0.0649. The summed E-state index contributed by atoms with van der Waals surface area (Å²) >= 11 is 0. The zero-order valence-electron chi connectivity index (χ0n) is 13.4. The maximum atomic E-state index is 2.56. The molecule has 3 fully saturated rings. The van der Waals surface area contributed by atoms with Gasteiger partial charge in [0.15, 0.2) is 0 Å². The molecule has 1 heteroatoms. The van der Waals surface area contributed by atoms with Crippen LogP contribution in [0.1, 0.15) is 78.6 Å². The Bertz CT molecular complexity index is 253. The first-order valence-electron chi connectivity index (χ1n) is 9.18. The smallest absolute Gasteiger partial charge is 0.0629 e. The molecule has 0 radical (unpaired) electrons. The second-order valence-electron chi connectivity index (χ2n) is 8.29. The fourth-order valence-corrected chi connectivity index (χ4v) is 6.19. The molecule has 19 heavy (non-hydrogen) atoms. The number of hydrogen-bond acceptors (Lipinski definition) is 0. The van der Waals surface area contributed by atoms with E-state index in [1.54, 1.807) is 19.3 Å². The lowest BCUT2D eigenvalue weighted by Crippen LogP contribution is -2.36. The van der Waals surface area contributed by atoms with Gasteiger partial charge in [-0.15, -0.1) is 0 Å². The molecule has 0 saturated heterocycles. The minimum atomic E-state index is 1.02. The van der Waals surface area contributed by atoms with Gasteiger partial charge in [-0.1, -0.05) is 96.0 Å². The first kappa shape index (κ1) is 14.0. The topological polar surface area (TPSA) is 0 Å². The van der Waals surface area contributed by atoms with Gasteiger partial charge in [-0.2, -0.15) is 0 Å². The normalized spacial score (nSPS) is 46.9. The molecule has 0 amide bonds. The molecule has 0 bridgehead atoms. The maximum absolute atomic E-state index is 2.56. The van der Waals surface area contributed by atoms with Crippen LogP contribution in [0.4, 0.5) is 0 Å². The van der Waals surface area contributed by atoms with Crippen molar-refractivity contribution in [2.75, 3.05) is 0 Å². The van der Waals surface area contributed by atoms with Crippen LogP contribution in [0.5, 0.6) is 0 Å². The summed E-state index contributed by atoms with van der Waals surface area (Å²) in [5, 5.41) is 0. The molecule has 6 atom stereocenters. The average molecular weight is 260 g/mol. The fourth-order valence-electron chi connectivity index (χ4n) is 6.19. The fraction of sp³-hybridized carbons (Fsp3) is 1.00. The van der Waals surface area contributed by atoms with Crippen LogP contribution in [0.25, 0.3) is 0 Å². The molecule has 6 unspecified atom stereocenters. The molecule has 0 nitrogen and oxygen atoms in total. The minimum absolute atomic E-state index is 1.02. The van der Waals surface area contributed by atoms with Crippen molar-refractivity contribution in [1.82, 2.24) is 0 Å². The molecular formula is C18H33B. The number of hydrogen-bond donors (Lipinski definition) is 0. The van der Waals surface area contributed by atoms with Gasteiger partial charge in [0.25, 0.3) is 0 Å². The zero-order valence-corrected chi connectivity index (χ0v) is 13.4. The largest absolute Gasteiger partial charge is 0.150 e. The van der Waals surface area contributed by atoms with Crippen molar-refractivity contribution in [3.05, 3.63) is 0 Å².